The van der Waals surface area contributed by atoms with Crippen molar-refractivity contribution in [1.82, 2.24) is 10.2 Å². The Morgan fingerprint density at radius 3 is 2.05 bits per heavy atom. The molecular formula is C17H36N2O2. The summed E-state index contributed by atoms with van der Waals surface area (Å²) in [5, 5.41) is 13.3. The van der Waals surface area contributed by atoms with E-state index in [1.54, 1.807) is 6.92 Å². The Morgan fingerprint density at radius 1 is 1.19 bits per heavy atom. The number of likely N-dealkylation sites (N-methyl/N-ethyl adjacent to an activating group) is 1. The van der Waals surface area contributed by atoms with Crippen molar-refractivity contribution in [2.45, 2.75) is 78.5 Å². The number of aliphatic hydroxyl groups is 1. The van der Waals surface area contributed by atoms with Gasteiger partial charge in [-0.15, -0.1) is 0 Å². The fourth-order valence-electron chi connectivity index (χ4n) is 2.09. The van der Waals surface area contributed by atoms with E-state index in [0.717, 1.165) is 6.42 Å². The van der Waals surface area contributed by atoms with Crippen LogP contribution in [0.15, 0.2) is 0 Å². The minimum Gasteiger partial charge on any atom is -0.392 e. The van der Waals surface area contributed by atoms with Crippen LogP contribution >= 0.6 is 0 Å². The molecule has 0 spiro atoms. The SMILES string of the molecule is CCC(C)CC(O)C(C)C(=O)NC(C)(C)C(C)(C)N(C)C. The molecule has 0 aromatic rings. The molecule has 0 aliphatic rings. The van der Waals surface area contributed by atoms with Gasteiger partial charge in [0.25, 0.3) is 0 Å². The van der Waals surface area contributed by atoms with E-state index in [2.05, 4.69) is 37.9 Å². The first kappa shape index (κ1) is 20.4. The van der Waals surface area contributed by atoms with Gasteiger partial charge in [0, 0.05) is 5.54 Å². The molecule has 0 saturated carbocycles. The molecular weight excluding hydrogens is 264 g/mol. The molecule has 3 unspecified atom stereocenters. The Labute approximate surface area is 131 Å². The average Bonchev–Trinajstić information content (AvgIpc) is 2.36. The summed E-state index contributed by atoms with van der Waals surface area (Å²) in [4.78, 5) is 14.6. The van der Waals surface area contributed by atoms with Crippen molar-refractivity contribution in [3.8, 4) is 0 Å². The summed E-state index contributed by atoms with van der Waals surface area (Å²) in [6, 6.07) is 0. The molecule has 0 saturated heterocycles. The molecule has 1 amide bonds. The molecule has 0 aliphatic carbocycles. The molecule has 0 heterocycles. The van der Waals surface area contributed by atoms with Crippen molar-refractivity contribution >= 4 is 5.91 Å². The molecule has 0 rings (SSSR count). The highest BCUT2D eigenvalue weighted by Gasteiger charge is 2.41. The van der Waals surface area contributed by atoms with E-state index in [9.17, 15) is 9.90 Å². The molecule has 21 heavy (non-hydrogen) atoms. The van der Waals surface area contributed by atoms with E-state index in [-0.39, 0.29) is 11.4 Å². The summed E-state index contributed by atoms with van der Waals surface area (Å²) < 4.78 is 0. The van der Waals surface area contributed by atoms with E-state index < -0.39 is 17.6 Å². The van der Waals surface area contributed by atoms with Crippen molar-refractivity contribution in [3.63, 3.8) is 0 Å². The Balaban J connectivity index is 4.81. The van der Waals surface area contributed by atoms with Gasteiger partial charge in [0.1, 0.15) is 0 Å². The number of carbonyl (C=O) groups is 1. The molecule has 3 atom stereocenters. The molecule has 2 N–H and O–H groups in total. The standard InChI is InChI=1S/C17H36N2O2/c1-10-12(2)11-14(20)13(3)15(21)18-16(4,5)17(6,7)19(8)9/h12-14,20H,10-11H2,1-9H3,(H,18,21). The Kier molecular flexibility index (Phi) is 7.37. The number of nitrogens with one attached hydrogen (secondary N) is 1. The lowest BCUT2D eigenvalue weighted by atomic mass is 9.80. The van der Waals surface area contributed by atoms with Crippen LogP contribution in [0.1, 0.15) is 61.3 Å². The fourth-order valence-corrected chi connectivity index (χ4v) is 2.09. The van der Waals surface area contributed by atoms with E-state index in [4.69, 9.17) is 0 Å². The summed E-state index contributed by atoms with van der Waals surface area (Å²) in [6.45, 7) is 14.3. The van der Waals surface area contributed by atoms with Gasteiger partial charge in [0.15, 0.2) is 0 Å². The van der Waals surface area contributed by atoms with Crippen molar-refractivity contribution in [2.75, 3.05) is 14.1 Å². The van der Waals surface area contributed by atoms with Gasteiger partial charge in [-0.3, -0.25) is 4.79 Å². The van der Waals surface area contributed by atoms with Crippen LogP contribution in [0.25, 0.3) is 0 Å². The van der Waals surface area contributed by atoms with Crippen LogP contribution in [-0.4, -0.2) is 47.2 Å². The van der Waals surface area contributed by atoms with Crippen LogP contribution in [-0.2, 0) is 4.79 Å². The predicted octanol–water partition coefficient (Wildman–Crippen LogP) is 2.65. The zero-order chi connectivity index (χ0) is 17.0. The van der Waals surface area contributed by atoms with Crippen LogP contribution in [0.4, 0.5) is 0 Å². The quantitative estimate of drug-likeness (QED) is 0.724. The minimum absolute atomic E-state index is 0.0780. The topological polar surface area (TPSA) is 52.6 Å². The number of rotatable bonds is 8. The second kappa shape index (κ2) is 7.59. The van der Waals surface area contributed by atoms with Gasteiger partial charge in [-0.25, -0.2) is 0 Å². The second-order valence-electron chi connectivity index (χ2n) is 7.67. The summed E-state index contributed by atoms with van der Waals surface area (Å²) in [5.41, 5.74) is -0.581. The Hall–Kier alpha value is -0.610. The second-order valence-corrected chi connectivity index (χ2v) is 7.67. The van der Waals surface area contributed by atoms with Crippen LogP contribution in [0.5, 0.6) is 0 Å². The maximum absolute atomic E-state index is 12.4. The van der Waals surface area contributed by atoms with Gasteiger partial charge in [-0.1, -0.05) is 27.2 Å². The van der Waals surface area contributed by atoms with Gasteiger partial charge in [0.05, 0.1) is 17.6 Å². The number of amides is 1. The molecule has 0 radical (unpaired) electrons. The first-order valence-corrected chi connectivity index (χ1v) is 8.04. The van der Waals surface area contributed by atoms with E-state index >= 15 is 0 Å². The number of nitrogens with zero attached hydrogens (tertiary/aromatic N) is 1. The molecule has 0 bridgehead atoms. The summed E-state index contributed by atoms with van der Waals surface area (Å²) in [5.74, 6) is -0.0385. The molecule has 4 nitrogen and oxygen atoms in total. The maximum Gasteiger partial charge on any atom is 0.225 e. The van der Waals surface area contributed by atoms with Crippen LogP contribution in [0, 0.1) is 11.8 Å². The van der Waals surface area contributed by atoms with E-state index in [0.29, 0.717) is 12.3 Å². The lowest BCUT2D eigenvalue weighted by Gasteiger charge is -2.47. The highest BCUT2D eigenvalue weighted by molar-refractivity contribution is 5.79. The molecule has 4 heteroatoms. The van der Waals surface area contributed by atoms with Crippen molar-refractivity contribution in [3.05, 3.63) is 0 Å². The Morgan fingerprint density at radius 2 is 1.67 bits per heavy atom. The van der Waals surface area contributed by atoms with Crippen molar-refractivity contribution in [1.29, 1.82) is 0 Å². The summed E-state index contributed by atoms with van der Waals surface area (Å²) >= 11 is 0. The first-order valence-electron chi connectivity index (χ1n) is 8.04. The zero-order valence-corrected chi connectivity index (χ0v) is 15.4. The highest BCUT2D eigenvalue weighted by atomic mass is 16.3. The van der Waals surface area contributed by atoms with E-state index in [1.807, 2.05) is 27.9 Å². The van der Waals surface area contributed by atoms with Gasteiger partial charge in [-0.2, -0.15) is 0 Å². The van der Waals surface area contributed by atoms with Crippen LogP contribution < -0.4 is 5.32 Å². The monoisotopic (exact) mass is 300 g/mol. The number of hydrogen-bond acceptors (Lipinski definition) is 3. The third kappa shape index (κ3) is 5.26. The molecule has 0 aromatic heterocycles. The van der Waals surface area contributed by atoms with E-state index in [1.165, 1.54) is 0 Å². The van der Waals surface area contributed by atoms with Gasteiger partial charge in [0.2, 0.25) is 5.91 Å². The molecule has 0 fully saturated rings. The van der Waals surface area contributed by atoms with Crippen molar-refractivity contribution < 1.29 is 9.90 Å². The predicted molar refractivity (Wildman–Crippen MR) is 89.2 cm³/mol. The third-order valence-electron chi connectivity index (χ3n) is 5.41. The molecule has 126 valence electrons. The summed E-state index contributed by atoms with van der Waals surface area (Å²) in [6.07, 6.45) is 1.10. The fraction of sp³-hybridized carbons (Fsp3) is 0.941. The largest absolute Gasteiger partial charge is 0.392 e. The first-order chi connectivity index (χ1) is 9.36. The minimum atomic E-state index is -0.585. The Bertz CT molecular complexity index is 338. The number of carbonyl (C=O) groups excluding carboxylic acids is 1. The number of hydrogen-bond donors (Lipinski definition) is 2. The van der Waals surface area contributed by atoms with Crippen LogP contribution in [0.3, 0.4) is 0 Å². The van der Waals surface area contributed by atoms with Crippen molar-refractivity contribution in [2.24, 2.45) is 11.8 Å². The normalized spacial score (nSPS) is 17.5. The van der Waals surface area contributed by atoms with Crippen LogP contribution in [0.2, 0.25) is 0 Å². The lowest BCUT2D eigenvalue weighted by Crippen LogP contribution is -2.64. The molecule has 0 aliphatic heterocycles. The average molecular weight is 300 g/mol. The van der Waals surface area contributed by atoms with Gasteiger partial charge < -0.3 is 15.3 Å². The number of aliphatic hydroxyl groups excluding tert-OH is 1. The summed E-state index contributed by atoms with van der Waals surface area (Å²) in [7, 11) is 4.02. The molecule has 0 aromatic carbocycles. The third-order valence-corrected chi connectivity index (χ3v) is 5.41. The highest BCUT2D eigenvalue weighted by Crippen LogP contribution is 2.27. The lowest BCUT2D eigenvalue weighted by molar-refractivity contribution is -0.131. The van der Waals surface area contributed by atoms with Gasteiger partial charge in [-0.05, 0) is 54.1 Å². The smallest absolute Gasteiger partial charge is 0.225 e. The maximum atomic E-state index is 12.4. The van der Waals surface area contributed by atoms with Gasteiger partial charge >= 0.3 is 0 Å². The zero-order valence-electron chi connectivity index (χ0n) is 15.4.